The number of likely N-dealkylation sites (tertiary alicyclic amines) is 1. The van der Waals surface area contributed by atoms with E-state index in [2.05, 4.69) is 21.9 Å². The van der Waals surface area contributed by atoms with E-state index in [9.17, 15) is 4.79 Å². The Morgan fingerprint density at radius 1 is 1.29 bits per heavy atom. The number of imidazole rings is 1. The molecule has 2 aromatic rings. The van der Waals surface area contributed by atoms with Gasteiger partial charge in [-0.3, -0.25) is 10.2 Å². The molecule has 4 N–H and O–H groups in total. The second-order valence-electron chi connectivity index (χ2n) is 9.24. The van der Waals surface area contributed by atoms with Crippen LogP contribution in [0.4, 0.5) is 0 Å². The molecule has 28 heavy (non-hydrogen) atoms. The molecule has 7 heteroatoms. The van der Waals surface area contributed by atoms with Gasteiger partial charge in [0.05, 0.1) is 16.7 Å². The van der Waals surface area contributed by atoms with E-state index in [1.807, 2.05) is 31.0 Å². The lowest BCUT2D eigenvalue weighted by Gasteiger charge is -2.53. The number of amides is 1. The van der Waals surface area contributed by atoms with Crippen LogP contribution < -0.4 is 11.1 Å². The van der Waals surface area contributed by atoms with Gasteiger partial charge in [0.25, 0.3) is 0 Å². The van der Waals surface area contributed by atoms with E-state index < -0.39 is 5.54 Å². The first kappa shape index (κ1) is 17.5. The highest BCUT2D eigenvalue weighted by atomic mass is 16.2. The van der Waals surface area contributed by atoms with Crippen molar-refractivity contribution in [3.63, 3.8) is 0 Å². The number of piperidine rings is 2. The number of guanidine groups is 1. The Balaban J connectivity index is 1.38. The second-order valence-corrected chi connectivity index (χ2v) is 9.24. The van der Waals surface area contributed by atoms with Crippen molar-refractivity contribution in [2.45, 2.75) is 44.6 Å². The van der Waals surface area contributed by atoms with Crippen molar-refractivity contribution in [1.82, 2.24) is 19.6 Å². The maximum absolute atomic E-state index is 13.1. The molecule has 2 atom stereocenters. The zero-order valence-corrected chi connectivity index (χ0v) is 16.5. The van der Waals surface area contributed by atoms with Crippen LogP contribution in [0.5, 0.6) is 0 Å². The molecule has 7 nitrogen and oxygen atoms in total. The second kappa shape index (κ2) is 5.96. The van der Waals surface area contributed by atoms with E-state index in [4.69, 9.17) is 16.1 Å². The van der Waals surface area contributed by atoms with Crippen LogP contribution in [0.2, 0.25) is 0 Å². The van der Waals surface area contributed by atoms with Crippen molar-refractivity contribution < 1.29 is 4.79 Å². The maximum Gasteiger partial charge on any atom is 0.224 e. The average Bonchev–Trinajstić information content (AvgIpc) is 3.40. The number of hydrogen-bond acceptors (Lipinski definition) is 3. The normalized spacial score (nSPS) is 26.8. The number of nitrogens with two attached hydrogens (primary N) is 1. The van der Waals surface area contributed by atoms with E-state index in [0.29, 0.717) is 19.0 Å². The predicted octanol–water partition coefficient (Wildman–Crippen LogP) is 2.02. The van der Waals surface area contributed by atoms with Crippen molar-refractivity contribution in [1.29, 1.82) is 5.41 Å². The number of nitrogens with one attached hydrogen (secondary N) is 2. The zero-order valence-electron chi connectivity index (χ0n) is 16.5. The molecule has 0 spiro atoms. The minimum atomic E-state index is -0.557. The zero-order chi connectivity index (χ0) is 19.6. The summed E-state index contributed by atoms with van der Waals surface area (Å²) in [6.45, 7) is 5.50. The molecule has 2 aromatic heterocycles. The van der Waals surface area contributed by atoms with E-state index >= 15 is 0 Å². The van der Waals surface area contributed by atoms with E-state index in [1.54, 1.807) is 0 Å². The summed E-state index contributed by atoms with van der Waals surface area (Å²) in [5, 5.41) is 10.9. The van der Waals surface area contributed by atoms with Crippen molar-refractivity contribution in [2.24, 2.45) is 23.5 Å². The number of aromatic nitrogens is 2. The molecular weight excluding hydrogens is 352 g/mol. The van der Waals surface area contributed by atoms with Gasteiger partial charge in [-0.25, -0.2) is 4.98 Å². The molecule has 3 aliphatic rings. The molecule has 2 aliphatic carbocycles. The van der Waals surface area contributed by atoms with Crippen LogP contribution in [0.1, 0.15) is 50.5 Å². The lowest BCUT2D eigenvalue weighted by atomic mass is 9.61. The van der Waals surface area contributed by atoms with Crippen molar-refractivity contribution >= 4 is 17.4 Å². The summed E-state index contributed by atoms with van der Waals surface area (Å²) in [5.41, 5.74) is 7.39. The van der Waals surface area contributed by atoms with Gasteiger partial charge in [-0.2, -0.15) is 0 Å². The van der Waals surface area contributed by atoms with Crippen LogP contribution in [0, 0.1) is 23.2 Å². The molecule has 5 rings (SSSR count). The molecule has 1 saturated heterocycles. The van der Waals surface area contributed by atoms with Crippen LogP contribution in [-0.2, 0) is 10.3 Å². The quantitative estimate of drug-likeness (QED) is 0.558. The monoisotopic (exact) mass is 380 g/mol. The minimum absolute atomic E-state index is 0.0176. The largest absolute Gasteiger partial charge is 0.370 e. The van der Waals surface area contributed by atoms with Gasteiger partial charge >= 0.3 is 0 Å². The third-order valence-electron chi connectivity index (χ3n) is 6.71. The van der Waals surface area contributed by atoms with Crippen LogP contribution in [0.25, 0.3) is 5.52 Å². The lowest BCUT2D eigenvalue weighted by molar-refractivity contribution is -0.141. The fourth-order valence-corrected chi connectivity index (χ4v) is 5.12. The Kier molecular flexibility index (Phi) is 3.73. The Morgan fingerprint density at radius 3 is 2.64 bits per heavy atom. The summed E-state index contributed by atoms with van der Waals surface area (Å²) in [4.78, 5) is 20.0. The SMILES string of the molecule is CC(C)(NC(=O)C1C2CC1CN(C(=N)N)C2)c1nc(C2CC2)c2ccccn12. The lowest BCUT2D eigenvalue weighted by Crippen LogP contribution is -2.62. The van der Waals surface area contributed by atoms with E-state index in [1.165, 1.54) is 12.8 Å². The molecule has 1 aliphatic heterocycles. The molecule has 2 bridgehead atoms. The van der Waals surface area contributed by atoms with Gasteiger partial charge in [-0.05, 0) is 57.1 Å². The average molecular weight is 380 g/mol. The van der Waals surface area contributed by atoms with Crippen LogP contribution in [-0.4, -0.2) is 39.2 Å². The molecule has 1 amide bonds. The molecule has 148 valence electrons. The van der Waals surface area contributed by atoms with Gasteiger partial charge in [0, 0.05) is 31.1 Å². The number of rotatable bonds is 4. The minimum Gasteiger partial charge on any atom is -0.370 e. The summed E-state index contributed by atoms with van der Waals surface area (Å²) in [5.74, 6) is 2.27. The topological polar surface area (TPSA) is 99.5 Å². The summed E-state index contributed by atoms with van der Waals surface area (Å²) < 4.78 is 2.13. The number of carbonyl (C=O) groups excluding carboxylic acids is 1. The highest BCUT2D eigenvalue weighted by Crippen LogP contribution is 2.46. The van der Waals surface area contributed by atoms with Crippen molar-refractivity contribution in [3.8, 4) is 0 Å². The van der Waals surface area contributed by atoms with Gasteiger partial charge in [0.15, 0.2) is 5.96 Å². The number of pyridine rings is 1. The number of nitrogens with zero attached hydrogens (tertiary/aromatic N) is 3. The Morgan fingerprint density at radius 2 is 2.00 bits per heavy atom. The standard InChI is InChI=1S/C21H28N6O/c1-21(2,19-24-17(12-6-7-12)15-5-3-4-8-27(15)19)25-18(28)16-13-9-14(16)11-26(10-13)20(22)23/h3-5,8,12-14,16H,6-7,9-11H2,1-2H3,(H3,22,23)(H,25,28). The molecule has 3 fully saturated rings. The van der Waals surface area contributed by atoms with Crippen LogP contribution in [0.3, 0.4) is 0 Å². The highest BCUT2D eigenvalue weighted by molar-refractivity contribution is 5.82. The molecule has 2 saturated carbocycles. The Bertz CT molecular complexity index is 947. The van der Waals surface area contributed by atoms with Gasteiger partial charge in [-0.1, -0.05) is 6.07 Å². The van der Waals surface area contributed by atoms with Gasteiger partial charge in [0.2, 0.25) is 5.91 Å². The first-order chi connectivity index (χ1) is 13.3. The predicted molar refractivity (Wildman–Crippen MR) is 107 cm³/mol. The van der Waals surface area contributed by atoms with Gasteiger partial charge in [-0.15, -0.1) is 0 Å². The summed E-state index contributed by atoms with van der Waals surface area (Å²) in [6, 6.07) is 6.18. The molecule has 2 unspecified atom stereocenters. The summed E-state index contributed by atoms with van der Waals surface area (Å²) in [7, 11) is 0. The molecule has 3 heterocycles. The van der Waals surface area contributed by atoms with E-state index in [0.717, 1.165) is 23.5 Å². The Labute approximate surface area is 164 Å². The van der Waals surface area contributed by atoms with Crippen LogP contribution in [0.15, 0.2) is 24.4 Å². The Hall–Kier alpha value is -2.57. The summed E-state index contributed by atoms with van der Waals surface area (Å²) in [6.07, 6.45) is 5.50. The maximum atomic E-state index is 13.1. The third kappa shape index (κ3) is 2.67. The first-order valence-corrected chi connectivity index (χ1v) is 10.2. The molecular formula is C21H28N6O. The first-order valence-electron chi connectivity index (χ1n) is 10.2. The van der Waals surface area contributed by atoms with Crippen molar-refractivity contribution in [2.75, 3.05) is 13.1 Å². The van der Waals surface area contributed by atoms with E-state index in [-0.39, 0.29) is 29.6 Å². The van der Waals surface area contributed by atoms with Gasteiger partial charge < -0.3 is 20.4 Å². The van der Waals surface area contributed by atoms with Crippen LogP contribution >= 0.6 is 0 Å². The molecule has 0 aromatic carbocycles. The number of carbonyl (C=O) groups is 1. The van der Waals surface area contributed by atoms with Gasteiger partial charge in [0.1, 0.15) is 5.82 Å². The van der Waals surface area contributed by atoms with Crippen molar-refractivity contribution in [3.05, 3.63) is 35.9 Å². The highest BCUT2D eigenvalue weighted by Gasteiger charge is 2.51. The number of hydrogen-bond donors (Lipinski definition) is 3. The fraction of sp³-hybridized carbons (Fsp3) is 0.571. The summed E-state index contributed by atoms with van der Waals surface area (Å²) >= 11 is 0. The smallest absolute Gasteiger partial charge is 0.224 e. The number of fused-ring (bicyclic) bond motifs is 3. The fourth-order valence-electron chi connectivity index (χ4n) is 5.12. The third-order valence-corrected chi connectivity index (χ3v) is 6.71. The molecule has 0 radical (unpaired) electrons.